The number of ether oxygens (including phenoxy) is 6. The van der Waals surface area contributed by atoms with Crippen LogP contribution in [0.5, 0.6) is 28.7 Å². The molecule has 1 atom stereocenters. The molecule has 0 spiro atoms. The Bertz CT molecular complexity index is 1360. The number of methoxy groups -OCH3 is 3. The van der Waals surface area contributed by atoms with Crippen LogP contribution in [0.3, 0.4) is 0 Å². The molecule has 0 saturated heterocycles. The van der Waals surface area contributed by atoms with Crippen molar-refractivity contribution in [1.29, 1.82) is 0 Å². The predicted molar refractivity (Wildman–Crippen MR) is 149 cm³/mol. The maximum atomic E-state index is 13.9. The van der Waals surface area contributed by atoms with Gasteiger partial charge in [0.1, 0.15) is 5.56 Å². The van der Waals surface area contributed by atoms with E-state index in [0.29, 0.717) is 28.6 Å². The minimum Gasteiger partial charge on any atom is -0.493 e. The molecule has 3 aromatic rings. The summed E-state index contributed by atoms with van der Waals surface area (Å²) < 4.78 is 33.2. The van der Waals surface area contributed by atoms with E-state index in [2.05, 4.69) is 17.4 Å². The van der Waals surface area contributed by atoms with Crippen molar-refractivity contribution in [3.05, 3.63) is 76.3 Å². The van der Waals surface area contributed by atoms with Crippen molar-refractivity contribution < 1.29 is 38.0 Å². The molecule has 1 unspecified atom stereocenters. The van der Waals surface area contributed by atoms with Crippen molar-refractivity contribution >= 4 is 11.8 Å². The van der Waals surface area contributed by atoms with Gasteiger partial charge in [0, 0.05) is 23.6 Å². The smallest absolute Gasteiger partial charge is 0.342 e. The average molecular weight is 550 g/mol. The quantitative estimate of drug-likeness (QED) is 0.235. The first kappa shape index (κ1) is 28.8. The van der Waals surface area contributed by atoms with Gasteiger partial charge in [-0.1, -0.05) is 30.3 Å². The van der Waals surface area contributed by atoms with Crippen LogP contribution in [0, 0.1) is 0 Å². The van der Waals surface area contributed by atoms with Crippen LogP contribution in [0.15, 0.2) is 48.5 Å². The third-order valence-electron chi connectivity index (χ3n) is 6.80. The Hall–Kier alpha value is -4.24. The lowest BCUT2D eigenvalue weighted by Gasteiger charge is -2.22. The van der Waals surface area contributed by atoms with Crippen LogP contribution in [0.25, 0.3) is 0 Å². The van der Waals surface area contributed by atoms with Gasteiger partial charge in [0.15, 0.2) is 28.8 Å². The highest BCUT2D eigenvalue weighted by atomic mass is 16.7. The van der Waals surface area contributed by atoms with E-state index in [1.165, 1.54) is 26.9 Å². The summed E-state index contributed by atoms with van der Waals surface area (Å²) in [5, 5.41) is 3.55. The number of carbonyl (C=O) groups is 2. The van der Waals surface area contributed by atoms with Crippen molar-refractivity contribution in [2.75, 3.05) is 41.3 Å². The Morgan fingerprint density at radius 1 is 0.975 bits per heavy atom. The number of benzene rings is 3. The monoisotopic (exact) mass is 549 g/mol. The zero-order valence-corrected chi connectivity index (χ0v) is 23.5. The highest BCUT2D eigenvalue weighted by Crippen LogP contribution is 2.47. The molecule has 1 aliphatic rings. The van der Waals surface area contributed by atoms with Crippen molar-refractivity contribution in [3.8, 4) is 28.7 Å². The summed E-state index contributed by atoms with van der Waals surface area (Å²) in [6.07, 6.45) is 0.775. The van der Waals surface area contributed by atoms with Crippen molar-refractivity contribution in [3.63, 3.8) is 0 Å². The number of carbonyl (C=O) groups excluding carboxylic acids is 2. The molecular weight excluding hydrogens is 514 g/mol. The lowest BCUT2D eigenvalue weighted by molar-refractivity contribution is 0.0518. The van der Waals surface area contributed by atoms with Gasteiger partial charge in [-0.2, -0.15) is 0 Å². The van der Waals surface area contributed by atoms with E-state index in [1.807, 2.05) is 31.2 Å². The number of ketones is 1. The van der Waals surface area contributed by atoms with Crippen molar-refractivity contribution in [2.45, 2.75) is 32.7 Å². The maximum Gasteiger partial charge on any atom is 0.342 e. The van der Waals surface area contributed by atoms with Crippen LogP contribution < -0.4 is 29.0 Å². The minimum atomic E-state index is -0.671. The molecule has 0 saturated carbocycles. The predicted octanol–water partition coefficient (Wildman–Crippen LogP) is 4.94. The second-order valence-electron chi connectivity index (χ2n) is 9.17. The van der Waals surface area contributed by atoms with E-state index >= 15 is 0 Å². The number of esters is 1. The van der Waals surface area contributed by atoms with Crippen LogP contribution in [0.2, 0.25) is 0 Å². The van der Waals surface area contributed by atoms with Gasteiger partial charge in [-0.3, -0.25) is 4.79 Å². The van der Waals surface area contributed by atoms with Gasteiger partial charge in [-0.05, 0) is 56.1 Å². The number of fused-ring (bicyclic) bond motifs is 1. The summed E-state index contributed by atoms with van der Waals surface area (Å²) in [6.45, 7) is 4.64. The number of rotatable bonds is 13. The molecule has 1 aliphatic heterocycles. The lowest BCUT2D eigenvalue weighted by Crippen LogP contribution is -2.23. The number of nitrogens with one attached hydrogen (secondary N) is 1. The van der Waals surface area contributed by atoms with Gasteiger partial charge in [0.2, 0.25) is 12.5 Å². The zero-order chi connectivity index (χ0) is 28.6. The molecule has 212 valence electrons. The standard InChI is InChI=1S/C31H35NO8/c1-6-38-31(34)27-21(12-13-25(35-3)29(27)37-5)24(33)16-23-22(17-26-30(28(23)36-4)40-18-39-26)19(2)32-15-14-20-10-8-7-9-11-20/h7-13,17,19,32H,6,14-16,18H2,1-5H3. The van der Waals surface area contributed by atoms with E-state index in [1.54, 1.807) is 19.1 Å². The number of hydrogen-bond acceptors (Lipinski definition) is 9. The topological polar surface area (TPSA) is 102 Å². The molecule has 1 heterocycles. The van der Waals surface area contributed by atoms with E-state index in [9.17, 15) is 9.59 Å². The summed E-state index contributed by atoms with van der Waals surface area (Å²) in [4.78, 5) is 26.9. The summed E-state index contributed by atoms with van der Waals surface area (Å²) in [5.41, 5.74) is 2.87. The van der Waals surface area contributed by atoms with Crippen molar-refractivity contribution in [2.24, 2.45) is 0 Å². The zero-order valence-electron chi connectivity index (χ0n) is 23.5. The summed E-state index contributed by atoms with van der Waals surface area (Å²) in [5.74, 6) is 0.893. The highest BCUT2D eigenvalue weighted by Gasteiger charge is 2.31. The van der Waals surface area contributed by atoms with E-state index in [4.69, 9.17) is 28.4 Å². The molecule has 0 amide bonds. The Morgan fingerprint density at radius 3 is 2.40 bits per heavy atom. The molecular formula is C31H35NO8. The van der Waals surface area contributed by atoms with Gasteiger partial charge in [0.25, 0.3) is 0 Å². The molecule has 0 aliphatic carbocycles. The van der Waals surface area contributed by atoms with Gasteiger partial charge >= 0.3 is 5.97 Å². The Balaban J connectivity index is 1.71. The third kappa shape index (κ3) is 5.99. The fourth-order valence-corrected chi connectivity index (χ4v) is 4.86. The second-order valence-corrected chi connectivity index (χ2v) is 9.17. The molecule has 1 N–H and O–H groups in total. The molecule has 9 nitrogen and oxygen atoms in total. The SMILES string of the molecule is CCOC(=O)c1c(C(=O)Cc2c(C(C)NCCc3ccccc3)cc3c(c2OC)OCO3)ccc(OC)c1OC. The Kier molecular flexibility index (Phi) is 9.50. The third-order valence-corrected chi connectivity index (χ3v) is 6.80. The molecule has 0 fully saturated rings. The molecule has 9 heteroatoms. The first-order chi connectivity index (χ1) is 19.4. The van der Waals surface area contributed by atoms with E-state index in [0.717, 1.165) is 18.5 Å². The summed E-state index contributed by atoms with van der Waals surface area (Å²) in [7, 11) is 4.41. The molecule has 0 bridgehead atoms. The number of hydrogen-bond donors (Lipinski definition) is 1. The number of Topliss-reactive ketones (excluding diaryl/α,β-unsaturated/α-hetero) is 1. The van der Waals surface area contributed by atoms with Crippen LogP contribution in [-0.4, -0.2) is 53.0 Å². The summed E-state index contributed by atoms with van der Waals surface area (Å²) in [6, 6.07) is 15.1. The van der Waals surface area contributed by atoms with Crippen LogP contribution in [0.4, 0.5) is 0 Å². The van der Waals surface area contributed by atoms with Gasteiger partial charge in [0.05, 0.1) is 27.9 Å². The minimum absolute atomic E-state index is 0.0176. The maximum absolute atomic E-state index is 13.9. The van der Waals surface area contributed by atoms with Gasteiger partial charge in [-0.15, -0.1) is 0 Å². The largest absolute Gasteiger partial charge is 0.493 e. The van der Waals surface area contributed by atoms with Gasteiger partial charge < -0.3 is 33.7 Å². The molecule has 0 aromatic heterocycles. The average Bonchev–Trinajstić information content (AvgIpc) is 3.45. The van der Waals surface area contributed by atoms with E-state index < -0.39 is 5.97 Å². The second kappa shape index (κ2) is 13.2. The first-order valence-electron chi connectivity index (χ1n) is 13.1. The van der Waals surface area contributed by atoms with Crippen LogP contribution >= 0.6 is 0 Å². The highest BCUT2D eigenvalue weighted by molar-refractivity contribution is 6.09. The van der Waals surface area contributed by atoms with Crippen molar-refractivity contribution in [1.82, 2.24) is 5.32 Å². The first-order valence-corrected chi connectivity index (χ1v) is 13.1. The Labute approximate surface area is 234 Å². The molecule has 3 aromatic carbocycles. The summed E-state index contributed by atoms with van der Waals surface area (Å²) >= 11 is 0. The van der Waals surface area contributed by atoms with Gasteiger partial charge in [-0.25, -0.2) is 4.79 Å². The normalized spacial score (nSPS) is 12.5. The van der Waals surface area contributed by atoms with E-state index in [-0.39, 0.29) is 48.5 Å². The molecule has 4 rings (SSSR count). The van der Waals surface area contributed by atoms with Crippen LogP contribution in [0.1, 0.15) is 57.3 Å². The fourth-order valence-electron chi connectivity index (χ4n) is 4.86. The lowest BCUT2D eigenvalue weighted by atomic mass is 9.91. The van der Waals surface area contributed by atoms with Crippen LogP contribution in [-0.2, 0) is 17.6 Å². The molecule has 0 radical (unpaired) electrons. The Morgan fingerprint density at radius 2 is 1.73 bits per heavy atom. The fraction of sp³-hybridized carbons (Fsp3) is 0.355. The molecule has 40 heavy (non-hydrogen) atoms.